The number of methoxy groups -OCH3 is 1. The van der Waals surface area contributed by atoms with Crippen LogP contribution in [0.3, 0.4) is 0 Å². The van der Waals surface area contributed by atoms with Crippen LogP contribution in [-0.4, -0.2) is 38.9 Å². The van der Waals surface area contributed by atoms with E-state index in [4.69, 9.17) is 9.16 Å². The Bertz CT molecular complexity index is 779. The van der Waals surface area contributed by atoms with E-state index < -0.39 is 8.32 Å². The molecule has 1 unspecified atom stereocenters. The van der Waals surface area contributed by atoms with Crippen LogP contribution in [0.1, 0.15) is 34.1 Å². The van der Waals surface area contributed by atoms with Crippen LogP contribution in [0.2, 0.25) is 5.04 Å². The molecule has 30 heavy (non-hydrogen) atoms. The molecule has 1 atom stereocenters. The van der Waals surface area contributed by atoms with E-state index in [1.807, 2.05) is 36.4 Å². The van der Waals surface area contributed by atoms with E-state index >= 15 is 0 Å². The molecule has 0 aliphatic rings. The highest BCUT2D eigenvalue weighted by Gasteiger charge is 2.50. The van der Waals surface area contributed by atoms with Gasteiger partial charge < -0.3 is 9.16 Å². The van der Waals surface area contributed by atoms with E-state index in [2.05, 4.69) is 45.0 Å². The van der Waals surface area contributed by atoms with Crippen molar-refractivity contribution in [3.63, 3.8) is 0 Å². The van der Waals surface area contributed by atoms with Crippen molar-refractivity contribution in [2.24, 2.45) is 5.92 Å². The molecule has 0 N–H and O–H groups in total. The van der Waals surface area contributed by atoms with Gasteiger partial charge in [-0.1, -0.05) is 93.2 Å². The summed E-state index contributed by atoms with van der Waals surface area (Å²) in [7, 11) is -1.29. The summed E-state index contributed by atoms with van der Waals surface area (Å²) in [4.78, 5) is 23.5. The van der Waals surface area contributed by atoms with Crippen molar-refractivity contribution in [3.8, 4) is 0 Å². The molecular formula is C24H32O4SSi. The number of carbonyl (C=O) groups is 2. The molecule has 0 spiro atoms. The number of rotatable bonds is 9. The first-order chi connectivity index (χ1) is 14.2. The van der Waals surface area contributed by atoms with Crippen molar-refractivity contribution in [2.75, 3.05) is 19.5 Å². The number of carbonyl (C=O) groups excluding carboxylic acids is 2. The van der Waals surface area contributed by atoms with Crippen molar-refractivity contribution in [3.05, 3.63) is 60.7 Å². The van der Waals surface area contributed by atoms with Crippen molar-refractivity contribution < 1.29 is 18.8 Å². The second kappa shape index (κ2) is 10.9. The van der Waals surface area contributed by atoms with Crippen LogP contribution >= 0.6 is 11.8 Å². The molecule has 0 bridgehead atoms. The Labute approximate surface area is 185 Å². The highest BCUT2D eigenvalue weighted by molar-refractivity contribution is 8.13. The lowest BCUT2D eigenvalue weighted by molar-refractivity contribution is -0.141. The molecule has 2 rings (SSSR count). The lowest BCUT2D eigenvalue weighted by atomic mass is 10.1. The van der Waals surface area contributed by atoms with Crippen LogP contribution in [0.25, 0.3) is 0 Å². The van der Waals surface area contributed by atoms with Gasteiger partial charge in [0.25, 0.3) is 8.32 Å². The van der Waals surface area contributed by atoms with E-state index in [1.165, 1.54) is 29.2 Å². The SMILES string of the molecule is COC(=O)CC(CO[Si](c1ccccc1)(c1ccccc1)C(C)(C)C)CSC(C)=O. The Balaban J connectivity index is 2.45. The normalized spacial score (nSPS) is 13.0. The Hall–Kier alpha value is -1.89. The van der Waals surface area contributed by atoms with E-state index in [-0.39, 0.29) is 28.5 Å². The van der Waals surface area contributed by atoms with Gasteiger partial charge in [0, 0.05) is 25.2 Å². The number of hydrogen-bond acceptors (Lipinski definition) is 5. The van der Waals surface area contributed by atoms with Crippen LogP contribution in [-0.2, 0) is 18.8 Å². The molecule has 0 heterocycles. The monoisotopic (exact) mass is 444 g/mol. The van der Waals surface area contributed by atoms with Gasteiger partial charge in [0.2, 0.25) is 0 Å². The molecule has 0 aromatic heterocycles. The maximum Gasteiger partial charge on any atom is 0.305 e. The van der Waals surface area contributed by atoms with Gasteiger partial charge in [-0.2, -0.15) is 0 Å². The van der Waals surface area contributed by atoms with Crippen molar-refractivity contribution in [2.45, 2.75) is 39.2 Å². The molecule has 2 aromatic rings. The minimum Gasteiger partial charge on any atom is -0.469 e. The first kappa shape index (κ1) is 24.4. The van der Waals surface area contributed by atoms with Gasteiger partial charge >= 0.3 is 5.97 Å². The van der Waals surface area contributed by atoms with Crippen LogP contribution < -0.4 is 10.4 Å². The van der Waals surface area contributed by atoms with Crippen LogP contribution in [0.15, 0.2) is 60.7 Å². The summed E-state index contributed by atoms with van der Waals surface area (Å²) in [6.07, 6.45) is 0.231. The van der Waals surface area contributed by atoms with Crippen molar-refractivity contribution in [1.29, 1.82) is 0 Å². The van der Waals surface area contributed by atoms with Crippen LogP contribution in [0, 0.1) is 5.92 Å². The minimum atomic E-state index is -2.68. The fourth-order valence-corrected chi connectivity index (χ4v) is 9.05. The molecule has 0 saturated carbocycles. The second-order valence-electron chi connectivity index (χ2n) is 8.42. The number of benzene rings is 2. The van der Waals surface area contributed by atoms with Gasteiger partial charge in [-0.05, 0) is 15.4 Å². The zero-order chi connectivity index (χ0) is 22.2. The molecule has 6 heteroatoms. The predicted octanol–water partition coefficient (Wildman–Crippen LogP) is 4.02. The summed E-state index contributed by atoms with van der Waals surface area (Å²) < 4.78 is 11.8. The molecule has 162 valence electrons. The second-order valence-corrected chi connectivity index (χ2v) is 13.9. The molecule has 0 radical (unpaired) electrons. The van der Waals surface area contributed by atoms with E-state index in [0.29, 0.717) is 12.4 Å². The molecule has 0 fully saturated rings. The fourth-order valence-electron chi connectivity index (χ4n) is 3.72. The van der Waals surface area contributed by atoms with E-state index in [9.17, 15) is 9.59 Å². The molecule has 4 nitrogen and oxygen atoms in total. The van der Waals surface area contributed by atoms with Gasteiger partial charge in [-0.25, -0.2) is 0 Å². The summed E-state index contributed by atoms with van der Waals surface area (Å²) in [5, 5.41) is 2.29. The molecule has 0 aliphatic heterocycles. The maximum atomic E-state index is 12.0. The first-order valence-corrected chi connectivity index (χ1v) is 13.0. The van der Waals surface area contributed by atoms with Gasteiger partial charge in [-0.15, -0.1) is 0 Å². The summed E-state index contributed by atoms with van der Waals surface area (Å²) in [6, 6.07) is 20.8. The Morgan fingerprint density at radius 3 is 1.87 bits per heavy atom. The van der Waals surface area contributed by atoms with Gasteiger partial charge in [0.05, 0.1) is 13.5 Å². The molecule has 2 aromatic carbocycles. The van der Waals surface area contributed by atoms with E-state index in [0.717, 1.165) is 0 Å². The third-order valence-corrected chi connectivity index (χ3v) is 11.2. The number of hydrogen-bond donors (Lipinski definition) is 0. The smallest absolute Gasteiger partial charge is 0.305 e. The third-order valence-electron chi connectivity index (χ3n) is 5.16. The highest BCUT2D eigenvalue weighted by Crippen LogP contribution is 2.37. The minimum absolute atomic E-state index is 0.0373. The molecule has 0 amide bonds. The predicted molar refractivity (Wildman–Crippen MR) is 127 cm³/mol. The number of ether oxygens (including phenoxy) is 1. The molecule has 0 aliphatic carbocycles. The van der Waals surface area contributed by atoms with Gasteiger partial charge in [0.15, 0.2) is 5.12 Å². The van der Waals surface area contributed by atoms with E-state index in [1.54, 1.807) is 6.92 Å². The van der Waals surface area contributed by atoms with Gasteiger partial charge in [-0.3, -0.25) is 9.59 Å². The van der Waals surface area contributed by atoms with Gasteiger partial charge in [0.1, 0.15) is 0 Å². The summed E-state index contributed by atoms with van der Waals surface area (Å²) >= 11 is 1.23. The van der Waals surface area contributed by atoms with Crippen LogP contribution in [0.5, 0.6) is 0 Å². The Morgan fingerprint density at radius 2 is 1.47 bits per heavy atom. The zero-order valence-electron chi connectivity index (χ0n) is 18.5. The van der Waals surface area contributed by atoms with Crippen molar-refractivity contribution >= 4 is 41.5 Å². The molecule has 0 saturated heterocycles. The fraction of sp³-hybridized carbons (Fsp3) is 0.417. The van der Waals surface area contributed by atoms with Crippen LogP contribution in [0.4, 0.5) is 0 Å². The topological polar surface area (TPSA) is 52.6 Å². The third kappa shape index (κ3) is 6.06. The number of esters is 1. The average Bonchev–Trinajstić information content (AvgIpc) is 2.72. The highest BCUT2D eigenvalue weighted by atomic mass is 32.2. The Kier molecular flexibility index (Phi) is 8.88. The first-order valence-electron chi connectivity index (χ1n) is 10.2. The lowest BCUT2D eigenvalue weighted by Gasteiger charge is -2.43. The average molecular weight is 445 g/mol. The lowest BCUT2D eigenvalue weighted by Crippen LogP contribution is -2.67. The largest absolute Gasteiger partial charge is 0.469 e. The summed E-state index contributed by atoms with van der Waals surface area (Å²) in [5.74, 6) is 0.144. The van der Waals surface area contributed by atoms with Crippen molar-refractivity contribution in [1.82, 2.24) is 0 Å². The maximum absolute atomic E-state index is 12.0. The summed E-state index contributed by atoms with van der Waals surface area (Å²) in [5.41, 5.74) is 0. The summed E-state index contributed by atoms with van der Waals surface area (Å²) in [6.45, 7) is 8.60. The quantitative estimate of drug-likeness (QED) is 0.432. The standard InChI is InChI=1S/C24H32O4SSi/c1-19(25)29-18-20(16-23(26)27-5)17-28-30(24(2,3)4,21-12-8-6-9-13-21)22-14-10-7-11-15-22/h6-15,20H,16-18H2,1-5H3. The number of thioether (sulfide) groups is 1. The zero-order valence-corrected chi connectivity index (χ0v) is 20.3. The molecular weight excluding hydrogens is 412 g/mol. The Morgan fingerprint density at radius 1 is 0.967 bits per heavy atom.